The van der Waals surface area contributed by atoms with E-state index in [1.165, 1.54) is 19.2 Å². The van der Waals surface area contributed by atoms with Gasteiger partial charge in [-0.3, -0.25) is 0 Å². The molecule has 0 saturated carbocycles. The second kappa shape index (κ2) is 7.11. The van der Waals surface area contributed by atoms with E-state index < -0.39 is 49.0 Å². The molecule has 1 heterocycles. The summed E-state index contributed by atoms with van der Waals surface area (Å²) in [5.41, 5.74) is 0.0890. The van der Waals surface area contributed by atoms with E-state index in [4.69, 9.17) is 14.6 Å². The van der Waals surface area contributed by atoms with Crippen LogP contribution in [0.5, 0.6) is 11.5 Å². The fraction of sp³-hybridized carbons (Fsp3) is 0.500. The fourth-order valence-corrected chi connectivity index (χ4v) is 2.15. The number of aliphatic hydroxyl groups excluding tert-OH is 4. The van der Waals surface area contributed by atoms with E-state index in [1.807, 2.05) is 0 Å². The van der Waals surface area contributed by atoms with Gasteiger partial charge in [0.15, 0.2) is 11.5 Å². The molecular formula is C14H18O9. The molecule has 23 heavy (non-hydrogen) atoms. The second-order valence-electron chi connectivity index (χ2n) is 4.99. The predicted octanol–water partition coefficient (Wildman–Crippen LogP) is -1.64. The predicted molar refractivity (Wildman–Crippen MR) is 73.8 cm³/mol. The minimum atomic E-state index is -1.60. The highest BCUT2D eigenvalue weighted by Crippen LogP contribution is 2.31. The number of aliphatic hydroxyl groups is 4. The Morgan fingerprint density at radius 2 is 1.91 bits per heavy atom. The van der Waals surface area contributed by atoms with Crippen molar-refractivity contribution in [1.82, 2.24) is 0 Å². The first-order valence-corrected chi connectivity index (χ1v) is 6.77. The van der Waals surface area contributed by atoms with Gasteiger partial charge in [-0.15, -0.1) is 0 Å². The van der Waals surface area contributed by atoms with Crippen molar-refractivity contribution in [3.8, 4) is 11.5 Å². The van der Waals surface area contributed by atoms with E-state index in [9.17, 15) is 25.2 Å². The highest BCUT2D eigenvalue weighted by molar-refractivity contribution is 5.90. The lowest BCUT2D eigenvalue weighted by atomic mass is 9.99. The zero-order chi connectivity index (χ0) is 17.1. The Balaban J connectivity index is 2.16. The van der Waals surface area contributed by atoms with E-state index in [-0.39, 0.29) is 11.3 Å². The molecule has 1 aliphatic rings. The number of hydrogen-bond donors (Lipinski definition) is 5. The van der Waals surface area contributed by atoms with Crippen molar-refractivity contribution in [2.75, 3.05) is 13.7 Å². The molecule has 0 unspecified atom stereocenters. The molecule has 0 aromatic heterocycles. The zero-order valence-corrected chi connectivity index (χ0v) is 12.2. The first-order valence-electron chi connectivity index (χ1n) is 6.77. The molecule has 1 fully saturated rings. The first kappa shape index (κ1) is 17.4. The van der Waals surface area contributed by atoms with Crippen molar-refractivity contribution in [2.45, 2.75) is 30.7 Å². The standard InChI is InChI=1S/C14H18O9/c1-21-13(20)6-2-3-8(7(16)4-6)22-14-12(19)11(18)10(17)9(5-15)23-14/h2-4,9-12,14-19H,5H2,1H3/t9-,10-,11+,12-,14-/m0/s1. The number of phenols is 1. The molecule has 128 valence electrons. The number of benzene rings is 1. The maximum atomic E-state index is 11.4. The van der Waals surface area contributed by atoms with E-state index >= 15 is 0 Å². The zero-order valence-electron chi connectivity index (χ0n) is 12.2. The largest absolute Gasteiger partial charge is 0.504 e. The summed E-state index contributed by atoms with van der Waals surface area (Å²) in [5.74, 6) is -1.19. The SMILES string of the molecule is COC(=O)c1ccc(O[C@H]2O[C@@H](CO)[C@H](O)[C@@H](O)[C@@H]2O)c(O)c1. The van der Waals surface area contributed by atoms with Gasteiger partial charge in [-0.05, 0) is 18.2 Å². The summed E-state index contributed by atoms with van der Waals surface area (Å²) in [6.45, 7) is -0.599. The molecule has 2 rings (SSSR count). The van der Waals surface area contributed by atoms with Crippen molar-refractivity contribution < 1.29 is 44.5 Å². The number of rotatable bonds is 4. The number of esters is 1. The van der Waals surface area contributed by atoms with Crippen LogP contribution < -0.4 is 4.74 Å². The molecule has 0 aliphatic carbocycles. The van der Waals surface area contributed by atoms with Gasteiger partial charge in [0.05, 0.1) is 19.3 Å². The molecule has 0 amide bonds. The van der Waals surface area contributed by atoms with Crippen LogP contribution in [-0.4, -0.2) is 75.9 Å². The number of aromatic hydroxyl groups is 1. The van der Waals surface area contributed by atoms with Crippen LogP contribution in [0.1, 0.15) is 10.4 Å². The lowest BCUT2D eigenvalue weighted by molar-refractivity contribution is -0.277. The normalized spacial score (nSPS) is 30.7. The number of methoxy groups -OCH3 is 1. The van der Waals surface area contributed by atoms with Crippen LogP contribution in [-0.2, 0) is 9.47 Å². The average Bonchev–Trinajstić information content (AvgIpc) is 2.56. The Morgan fingerprint density at radius 3 is 2.48 bits per heavy atom. The average molecular weight is 330 g/mol. The molecule has 0 radical (unpaired) electrons. The van der Waals surface area contributed by atoms with Crippen molar-refractivity contribution in [2.24, 2.45) is 0 Å². The van der Waals surface area contributed by atoms with Gasteiger partial charge in [0.1, 0.15) is 24.4 Å². The van der Waals surface area contributed by atoms with E-state index in [0.717, 1.165) is 6.07 Å². The molecule has 1 aliphatic heterocycles. The van der Waals surface area contributed by atoms with Crippen molar-refractivity contribution in [3.05, 3.63) is 23.8 Å². The summed E-state index contributed by atoms with van der Waals surface area (Å²) in [6.07, 6.45) is -7.27. The molecule has 0 spiro atoms. The summed E-state index contributed by atoms with van der Waals surface area (Å²) in [4.78, 5) is 11.4. The van der Waals surface area contributed by atoms with Gasteiger partial charge in [0, 0.05) is 0 Å². The van der Waals surface area contributed by atoms with Gasteiger partial charge in [0.2, 0.25) is 6.29 Å². The Bertz CT molecular complexity index is 559. The summed E-state index contributed by atoms with van der Waals surface area (Å²) < 4.78 is 14.9. The Labute approximate surface area is 131 Å². The van der Waals surface area contributed by atoms with Crippen LogP contribution in [0, 0.1) is 0 Å². The number of hydrogen-bond acceptors (Lipinski definition) is 9. The number of ether oxygens (including phenoxy) is 3. The second-order valence-corrected chi connectivity index (χ2v) is 4.99. The summed E-state index contributed by atoms with van der Waals surface area (Å²) >= 11 is 0. The number of carbonyl (C=O) groups is 1. The highest BCUT2D eigenvalue weighted by Gasteiger charge is 2.44. The van der Waals surface area contributed by atoms with Crippen LogP contribution in [0.4, 0.5) is 0 Å². The fourth-order valence-electron chi connectivity index (χ4n) is 2.15. The minimum Gasteiger partial charge on any atom is -0.504 e. The van der Waals surface area contributed by atoms with Crippen LogP contribution in [0.2, 0.25) is 0 Å². The summed E-state index contributed by atoms with van der Waals surface area (Å²) in [7, 11) is 1.19. The highest BCUT2D eigenvalue weighted by atomic mass is 16.7. The molecule has 5 N–H and O–H groups in total. The van der Waals surface area contributed by atoms with Crippen molar-refractivity contribution >= 4 is 5.97 Å². The van der Waals surface area contributed by atoms with E-state index in [2.05, 4.69) is 4.74 Å². The van der Waals surface area contributed by atoms with Gasteiger partial charge < -0.3 is 39.7 Å². The Hall–Kier alpha value is -1.91. The summed E-state index contributed by atoms with van der Waals surface area (Å²) in [6, 6.07) is 3.68. The van der Waals surface area contributed by atoms with E-state index in [1.54, 1.807) is 0 Å². The van der Waals surface area contributed by atoms with Crippen LogP contribution in [0.15, 0.2) is 18.2 Å². The van der Waals surface area contributed by atoms with Gasteiger partial charge in [0.25, 0.3) is 0 Å². The Morgan fingerprint density at radius 1 is 1.22 bits per heavy atom. The quantitative estimate of drug-likeness (QED) is 0.410. The molecule has 1 saturated heterocycles. The summed E-state index contributed by atoms with van der Waals surface area (Å²) in [5, 5.41) is 48.2. The number of phenolic OH excluding ortho intramolecular Hbond substituents is 1. The van der Waals surface area contributed by atoms with E-state index in [0.29, 0.717) is 0 Å². The van der Waals surface area contributed by atoms with Gasteiger partial charge in [-0.25, -0.2) is 4.79 Å². The third kappa shape index (κ3) is 3.54. The lowest BCUT2D eigenvalue weighted by Crippen LogP contribution is -2.60. The molecule has 9 nitrogen and oxygen atoms in total. The van der Waals surface area contributed by atoms with Crippen LogP contribution in [0.3, 0.4) is 0 Å². The van der Waals surface area contributed by atoms with Crippen LogP contribution >= 0.6 is 0 Å². The molecule has 1 aromatic rings. The molecule has 5 atom stereocenters. The monoisotopic (exact) mass is 330 g/mol. The van der Waals surface area contributed by atoms with Crippen molar-refractivity contribution in [3.63, 3.8) is 0 Å². The maximum Gasteiger partial charge on any atom is 0.337 e. The third-order valence-corrected chi connectivity index (χ3v) is 3.47. The topological polar surface area (TPSA) is 146 Å². The van der Waals surface area contributed by atoms with Crippen LogP contribution in [0.25, 0.3) is 0 Å². The van der Waals surface area contributed by atoms with Gasteiger partial charge in [-0.2, -0.15) is 0 Å². The number of carbonyl (C=O) groups excluding carboxylic acids is 1. The third-order valence-electron chi connectivity index (χ3n) is 3.47. The lowest BCUT2D eigenvalue weighted by Gasteiger charge is -2.39. The Kier molecular flexibility index (Phi) is 5.39. The smallest absolute Gasteiger partial charge is 0.337 e. The molecular weight excluding hydrogens is 312 g/mol. The van der Waals surface area contributed by atoms with Gasteiger partial charge >= 0.3 is 5.97 Å². The van der Waals surface area contributed by atoms with Gasteiger partial charge in [-0.1, -0.05) is 0 Å². The molecule has 9 heteroatoms. The molecule has 1 aromatic carbocycles. The molecule has 0 bridgehead atoms. The first-order chi connectivity index (χ1) is 10.9. The van der Waals surface area contributed by atoms with Crippen molar-refractivity contribution in [1.29, 1.82) is 0 Å². The minimum absolute atomic E-state index is 0.0890. The maximum absolute atomic E-state index is 11.4.